The van der Waals surface area contributed by atoms with Crippen LogP contribution in [0.5, 0.6) is 5.75 Å². The highest BCUT2D eigenvalue weighted by atomic mass is 16.4. The first-order valence-corrected chi connectivity index (χ1v) is 5.46. The van der Waals surface area contributed by atoms with E-state index in [4.69, 9.17) is 16.6 Å². The molecule has 2 atom stereocenters. The van der Waals surface area contributed by atoms with Gasteiger partial charge >= 0.3 is 5.97 Å². The molecule has 1 aromatic carbocycles. The Morgan fingerprint density at radius 1 is 1.47 bits per heavy atom. The third-order valence-electron chi connectivity index (χ3n) is 2.67. The van der Waals surface area contributed by atoms with Crippen molar-refractivity contribution in [2.24, 2.45) is 11.7 Å². The first-order valence-electron chi connectivity index (χ1n) is 5.46. The third kappa shape index (κ3) is 3.96. The van der Waals surface area contributed by atoms with E-state index in [9.17, 15) is 9.90 Å². The maximum absolute atomic E-state index is 10.7. The molecule has 5 nitrogen and oxygen atoms in total. The summed E-state index contributed by atoms with van der Waals surface area (Å²) in [5, 5.41) is 18.0. The van der Waals surface area contributed by atoms with Crippen molar-refractivity contribution in [1.29, 1.82) is 0 Å². The Hall–Kier alpha value is -1.75. The number of carboxylic acid groups (broad SMARTS) is 1. The number of phenols is 1. The highest BCUT2D eigenvalue weighted by molar-refractivity contribution is 5.69. The average Bonchev–Trinajstić information content (AvgIpc) is 2.23. The fraction of sp³-hybridized carbons (Fsp3) is 0.417. The first-order chi connectivity index (χ1) is 7.90. The van der Waals surface area contributed by atoms with Gasteiger partial charge in [0.2, 0.25) is 0 Å². The summed E-state index contributed by atoms with van der Waals surface area (Å²) in [6, 6.07) is 4.67. The van der Waals surface area contributed by atoms with Crippen LogP contribution in [0.1, 0.15) is 18.9 Å². The molecular formula is C12H18N2O3. The van der Waals surface area contributed by atoms with Gasteiger partial charge in [0, 0.05) is 6.04 Å². The molecule has 0 fully saturated rings. The zero-order chi connectivity index (χ0) is 13.0. The summed E-state index contributed by atoms with van der Waals surface area (Å²) < 4.78 is 0. The number of nitrogen functional groups attached to an aromatic ring is 1. The molecule has 0 saturated heterocycles. The topological polar surface area (TPSA) is 110 Å². The third-order valence-corrected chi connectivity index (χ3v) is 2.67. The predicted octanol–water partition coefficient (Wildman–Crippen LogP) is 0.955. The molecule has 94 valence electrons. The van der Waals surface area contributed by atoms with Gasteiger partial charge in [0.25, 0.3) is 0 Å². The van der Waals surface area contributed by atoms with Gasteiger partial charge < -0.3 is 21.7 Å². The van der Waals surface area contributed by atoms with Gasteiger partial charge in [-0.3, -0.25) is 4.79 Å². The van der Waals surface area contributed by atoms with Gasteiger partial charge in [0.1, 0.15) is 5.75 Å². The van der Waals surface area contributed by atoms with E-state index in [1.165, 1.54) is 6.07 Å². The number of phenolic OH excluding ortho intramolecular Hbond substituents is 1. The van der Waals surface area contributed by atoms with Gasteiger partial charge in [-0.1, -0.05) is 13.0 Å². The Labute approximate surface area is 100 Å². The lowest BCUT2D eigenvalue weighted by atomic mass is 9.97. The fourth-order valence-corrected chi connectivity index (χ4v) is 1.67. The number of benzene rings is 1. The predicted molar refractivity (Wildman–Crippen MR) is 65.6 cm³/mol. The van der Waals surface area contributed by atoms with Crippen molar-refractivity contribution in [3.63, 3.8) is 0 Å². The monoisotopic (exact) mass is 238 g/mol. The molecule has 17 heavy (non-hydrogen) atoms. The zero-order valence-corrected chi connectivity index (χ0v) is 9.76. The molecule has 0 heterocycles. The number of aromatic hydroxyl groups is 1. The van der Waals surface area contributed by atoms with Gasteiger partial charge in [-0.2, -0.15) is 0 Å². The van der Waals surface area contributed by atoms with E-state index in [1.54, 1.807) is 19.1 Å². The van der Waals surface area contributed by atoms with Crippen molar-refractivity contribution >= 4 is 11.7 Å². The lowest BCUT2D eigenvalue weighted by molar-refractivity contribution is -0.141. The lowest BCUT2D eigenvalue weighted by Crippen LogP contribution is -2.28. The summed E-state index contributed by atoms with van der Waals surface area (Å²) in [6.45, 7) is 1.63. The van der Waals surface area contributed by atoms with E-state index in [2.05, 4.69) is 0 Å². The average molecular weight is 238 g/mol. The largest absolute Gasteiger partial charge is 0.506 e. The summed E-state index contributed by atoms with van der Waals surface area (Å²) >= 11 is 0. The molecule has 0 amide bonds. The van der Waals surface area contributed by atoms with Crippen LogP contribution in [-0.4, -0.2) is 22.2 Å². The van der Waals surface area contributed by atoms with Crippen LogP contribution in [0.2, 0.25) is 0 Å². The molecule has 5 heteroatoms. The van der Waals surface area contributed by atoms with Crippen LogP contribution in [0.15, 0.2) is 18.2 Å². The van der Waals surface area contributed by atoms with Crippen molar-refractivity contribution in [3.05, 3.63) is 23.8 Å². The zero-order valence-electron chi connectivity index (χ0n) is 9.76. The standard InChI is InChI=1S/C12H18N2O3/c1-7(12(16)17)4-9(13)5-8-2-3-11(15)10(14)6-8/h2-3,6-7,9,15H,4-5,13-14H2,1H3,(H,16,17)/t7-,9+/m0/s1. The van der Waals surface area contributed by atoms with Gasteiger partial charge in [-0.15, -0.1) is 0 Å². The van der Waals surface area contributed by atoms with Gasteiger partial charge in [0.05, 0.1) is 11.6 Å². The molecular weight excluding hydrogens is 220 g/mol. The van der Waals surface area contributed by atoms with Crippen LogP contribution in [-0.2, 0) is 11.2 Å². The number of rotatable bonds is 5. The summed E-state index contributed by atoms with van der Waals surface area (Å²) in [5.41, 5.74) is 12.6. The van der Waals surface area contributed by atoms with Crippen molar-refractivity contribution in [1.82, 2.24) is 0 Å². The molecule has 0 unspecified atom stereocenters. The number of anilines is 1. The maximum Gasteiger partial charge on any atom is 0.306 e. The van der Waals surface area contributed by atoms with E-state index in [0.717, 1.165) is 5.56 Å². The molecule has 1 aromatic rings. The van der Waals surface area contributed by atoms with Crippen molar-refractivity contribution in [2.45, 2.75) is 25.8 Å². The summed E-state index contributed by atoms with van der Waals surface area (Å²) in [4.78, 5) is 10.7. The highest BCUT2D eigenvalue weighted by Gasteiger charge is 2.15. The van der Waals surface area contributed by atoms with Crippen LogP contribution in [0.3, 0.4) is 0 Å². The van der Waals surface area contributed by atoms with Crippen LogP contribution in [0.25, 0.3) is 0 Å². The molecule has 0 aliphatic rings. The second kappa shape index (κ2) is 5.54. The van der Waals surface area contributed by atoms with Crippen LogP contribution in [0, 0.1) is 5.92 Å². The van der Waals surface area contributed by atoms with E-state index in [0.29, 0.717) is 18.5 Å². The number of carbonyl (C=O) groups is 1. The summed E-state index contributed by atoms with van der Waals surface area (Å²) in [5.74, 6) is -1.26. The van der Waals surface area contributed by atoms with Gasteiger partial charge in [-0.25, -0.2) is 0 Å². The molecule has 0 aliphatic carbocycles. The molecule has 1 rings (SSSR count). The van der Waals surface area contributed by atoms with Crippen LogP contribution in [0.4, 0.5) is 5.69 Å². The molecule has 0 spiro atoms. The Bertz CT molecular complexity index is 407. The Morgan fingerprint density at radius 3 is 2.65 bits per heavy atom. The summed E-state index contributed by atoms with van der Waals surface area (Å²) in [7, 11) is 0. The second-order valence-electron chi connectivity index (χ2n) is 4.33. The SMILES string of the molecule is C[C@@H](C[C@@H](N)Cc1ccc(O)c(N)c1)C(=O)O. The van der Waals surface area contributed by atoms with E-state index in [-0.39, 0.29) is 11.8 Å². The van der Waals surface area contributed by atoms with Crippen molar-refractivity contribution < 1.29 is 15.0 Å². The normalized spacial score (nSPS) is 14.2. The van der Waals surface area contributed by atoms with Crippen LogP contribution >= 0.6 is 0 Å². The molecule has 0 aliphatic heterocycles. The fourth-order valence-electron chi connectivity index (χ4n) is 1.67. The number of hydrogen-bond donors (Lipinski definition) is 4. The number of aliphatic carboxylic acids is 1. The maximum atomic E-state index is 10.7. The molecule has 0 saturated carbocycles. The molecule has 0 radical (unpaired) electrons. The Morgan fingerprint density at radius 2 is 2.12 bits per heavy atom. The van der Waals surface area contributed by atoms with Crippen molar-refractivity contribution in [2.75, 3.05) is 5.73 Å². The van der Waals surface area contributed by atoms with E-state index < -0.39 is 11.9 Å². The molecule has 6 N–H and O–H groups in total. The van der Waals surface area contributed by atoms with E-state index >= 15 is 0 Å². The highest BCUT2D eigenvalue weighted by Crippen LogP contribution is 2.21. The quantitative estimate of drug-likeness (QED) is 0.451. The molecule has 0 aromatic heterocycles. The lowest BCUT2D eigenvalue weighted by Gasteiger charge is -2.14. The number of nitrogens with two attached hydrogens (primary N) is 2. The minimum absolute atomic E-state index is 0.0428. The first kappa shape index (κ1) is 13.3. The molecule has 0 bridgehead atoms. The Balaban J connectivity index is 2.58. The number of hydrogen-bond acceptors (Lipinski definition) is 4. The summed E-state index contributed by atoms with van der Waals surface area (Å²) in [6.07, 6.45) is 0.957. The van der Waals surface area contributed by atoms with Gasteiger partial charge in [-0.05, 0) is 30.5 Å². The van der Waals surface area contributed by atoms with E-state index in [1.807, 2.05) is 0 Å². The second-order valence-corrected chi connectivity index (χ2v) is 4.33. The smallest absolute Gasteiger partial charge is 0.306 e. The minimum atomic E-state index is -0.842. The van der Waals surface area contributed by atoms with Crippen LogP contribution < -0.4 is 11.5 Å². The van der Waals surface area contributed by atoms with Crippen molar-refractivity contribution in [3.8, 4) is 5.75 Å². The van der Waals surface area contributed by atoms with Gasteiger partial charge in [0.15, 0.2) is 0 Å². The minimum Gasteiger partial charge on any atom is -0.506 e. The number of carboxylic acids is 1. The Kier molecular flexibility index (Phi) is 4.34.